The Hall–Kier alpha value is -0.930. The summed E-state index contributed by atoms with van der Waals surface area (Å²) in [6, 6.07) is 3.36. The molecule has 0 aromatic heterocycles. The van der Waals surface area contributed by atoms with Crippen LogP contribution >= 0.6 is 11.6 Å². The average Bonchev–Trinajstić information content (AvgIpc) is 2.19. The fraction of sp³-hybridized carbons (Fsp3) is 0.500. The van der Waals surface area contributed by atoms with E-state index < -0.39 is 6.10 Å². The minimum atomic E-state index is -0.652. The highest BCUT2D eigenvalue weighted by Crippen LogP contribution is 2.38. The first-order valence-corrected chi connectivity index (χ1v) is 5.55. The van der Waals surface area contributed by atoms with E-state index >= 15 is 0 Å². The Morgan fingerprint density at radius 3 is 2.31 bits per heavy atom. The molecule has 0 saturated heterocycles. The van der Waals surface area contributed by atoms with Crippen molar-refractivity contribution in [2.24, 2.45) is 0 Å². The topological polar surface area (TPSA) is 38.7 Å². The molecule has 0 radical (unpaired) electrons. The summed E-state index contributed by atoms with van der Waals surface area (Å²) >= 11 is 5.93. The number of aliphatic hydroxyl groups excluding tert-OH is 1. The molecule has 1 rings (SSSR count). The fourth-order valence-electron chi connectivity index (χ4n) is 1.41. The number of hydrogen-bond acceptors (Lipinski definition) is 3. The molecule has 0 aliphatic carbocycles. The predicted molar refractivity (Wildman–Crippen MR) is 64.4 cm³/mol. The number of halogens is 1. The van der Waals surface area contributed by atoms with Crippen LogP contribution in [0.25, 0.3) is 0 Å². The van der Waals surface area contributed by atoms with Crippen molar-refractivity contribution in [2.45, 2.75) is 33.0 Å². The first-order valence-electron chi connectivity index (χ1n) is 5.17. The Kier molecular flexibility index (Phi) is 4.44. The van der Waals surface area contributed by atoms with Crippen molar-refractivity contribution in [3.8, 4) is 11.5 Å². The van der Waals surface area contributed by atoms with Crippen LogP contribution < -0.4 is 9.47 Å². The Morgan fingerprint density at radius 2 is 1.88 bits per heavy atom. The molecule has 1 aromatic rings. The molecule has 16 heavy (non-hydrogen) atoms. The summed E-state index contributed by atoms with van der Waals surface area (Å²) in [6.07, 6.45) is -0.645. The minimum absolute atomic E-state index is 0.00701. The van der Waals surface area contributed by atoms with Gasteiger partial charge in [-0.25, -0.2) is 0 Å². The largest absolute Gasteiger partial charge is 0.493 e. The van der Waals surface area contributed by atoms with Gasteiger partial charge in [-0.05, 0) is 26.8 Å². The van der Waals surface area contributed by atoms with Gasteiger partial charge in [0.2, 0.25) is 0 Å². The van der Waals surface area contributed by atoms with Crippen LogP contribution in [0.2, 0.25) is 5.02 Å². The van der Waals surface area contributed by atoms with E-state index in [1.165, 1.54) is 0 Å². The standard InChI is InChI=1S/C12H17ClO3/c1-7(2)16-12-10(8(3)14)5-9(13)6-11(12)15-4/h5-8,14H,1-4H3. The zero-order valence-corrected chi connectivity index (χ0v) is 10.7. The number of benzene rings is 1. The average molecular weight is 245 g/mol. The predicted octanol–water partition coefficient (Wildman–Crippen LogP) is 3.19. The molecule has 0 heterocycles. The Morgan fingerprint density at radius 1 is 1.25 bits per heavy atom. The van der Waals surface area contributed by atoms with Gasteiger partial charge in [-0.1, -0.05) is 11.6 Å². The van der Waals surface area contributed by atoms with Crippen LogP contribution in [0.3, 0.4) is 0 Å². The van der Waals surface area contributed by atoms with E-state index in [9.17, 15) is 5.11 Å². The fourth-order valence-corrected chi connectivity index (χ4v) is 1.63. The quantitative estimate of drug-likeness (QED) is 0.884. The van der Waals surface area contributed by atoms with Crippen LogP contribution in [-0.2, 0) is 0 Å². The highest BCUT2D eigenvalue weighted by atomic mass is 35.5. The summed E-state index contributed by atoms with van der Waals surface area (Å²) < 4.78 is 10.8. The third-order valence-electron chi connectivity index (χ3n) is 2.07. The van der Waals surface area contributed by atoms with Crippen molar-refractivity contribution >= 4 is 11.6 Å². The van der Waals surface area contributed by atoms with Crippen molar-refractivity contribution in [1.29, 1.82) is 0 Å². The van der Waals surface area contributed by atoms with Gasteiger partial charge in [0.05, 0.1) is 19.3 Å². The number of hydrogen-bond donors (Lipinski definition) is 1. The van der Waals surface area contributed by atoms with Crippen molar-refractivity contribution in [1.82, 2.24) is 0 Å². The van der Waals surface area contributed by atoms with Crippen molar-refractivity contribution < 1.29 is 14.6 Å². The van der Waals surface area contributed by atoms with Gasteiger partial charge in [0.15, 0.2) is 11.5 Å². The second kappa shape index (κ2) is 5.41. The van der Waals surface area contributed by atoms with Crippen LogP contribution in [0.15, 0.2) is 12.1 Å². The number of methoxy groups -OCH3 is 1. The third kappa shape index (κ3) is 3.03. The molecule has 0 spiro atoms. The minimum Gasteiger partial charge on any atom is -0.493 e. The van der Waals surface area contributed by atoms with E-state index in [-0.39, 0.29) is 6.10 Å². The summed E-state index contributed by atoms with van der Waals surface area (Å²) in [5.74, 6) is 1.09. The smallest absolute Gasteiger partial charge is 0.167 e. The lowest BCUT2D eigenvalue weighted by molar-refractivity contribution is 0.179. The van der Waals surface area contributed by atoms with Gasteiger partial charge >= 0.3 is 0 Å². The van der Waals surface area contributed by atoms with Gasteiger partial charge in [0.25, 0.3) is 0 Å². The van der Waals surface area contributed by atoms with Crippen LogP contribution in [0.1, 0.15) is 32.4 Å². The molecule has 3 nitrogen and oxygen atoms in total. The summed E-state index contributed by atoms with van der Waals surface area (Å²) in [4.78, 5) is 0. The number of ether oxygens (including phenoxy) is 2. The monoisotopic (exact) mass is 244 g/mol. The van der Waals surface area contributed by atoms with Gasteiger partial charge in [0.1, 0.15) is 0 Å². The van der Waals surface area contributed by atoms with E-state index in [1.54, 1.807) is 26.2 Å². The zero-order chi connectivity index (χ0) is 12.3. The zero-order valence-electron chi connectivity index (χ0n) is 9.95. The molecule has 90 valence electrons. The molecular formula is C12H17ClO3. The summed E-state index contributed by atoms with van der Waals surface area (Å²) in [7, 11) is 1.55. The Balaban J connectivity index is 3.27. The second-order valence-corrected chi connectivity index (χ2v) is 4.31. The molecular weight excluding hydrogens is 228 g/mol. The Labute approximate surface area is 101 Å². The van der Waals surface area contributed by atoms with Gasteiger partial charge in [0, 0.05) is 16.7 Å². The van der Waals surface area contributed by atoms with Crippen LogP contribution in [-0.4, -0.2) is 18.3 Å². The Bertz CT molecular complexity index is 362. The molecule has 1 N–H and O–H groups in total. The molecule has 0 fully saturated rings. The van der Waals surface area contributed by atoms with Crippen molar-refractivity contribution in [2.75, 3.05) is 7.11 Å². The van der Waals surface area contributed by atoms with Gasteiger partial charge in [-0.15, -0.1) is 0 Å². The maximum Gasteiger partial charge on any atom is 0.167 e. The number of rotatable bonds is 4. The van der Waals surface area contributed by atoms with E-state index in [0.29, 0.717) is 22.1 Å². The van der Waals surface area contributed by atoms with E-state index in [2.05, 4.69) is 0 Å². The van der Waals surface area contributed by atoms with E-state index in [4.69, 9.17) is 21.1 Å². The molecule has 1 aromatic carbocycles. The normalized spacial score (nSPS) is 12.7. The summed E-state index contributed by atoms with van der Waals surface area (Å²) in [6.45, 7) is 5.50. The highest BCUT2D eigenvalue weighted by molar-refractivity contribution is 6.30. The first kappa shape index (κ1) is 13.1. The molecule has 4 heteroatoms. The van der Waals surface area contributed by atoms with Crippen molar-refractivity contribution in [3.63, 3.8) is 0 Å². The molecule has 0 amide bonds. The van der Waals surface area contributed by atoms with Crippen LogP contribution in [0.5, 0.6) is 11.5 Å². The maximum atomic E-state index is 9.67. The second-order valence-electron chi connectivity index (χ2n) is 3.87. The van der Waals surface area contributed by atoms with Crippen molar-refractivity contribution in [3.05, 3.63) is 22.7 Å². The maximum absolute atomic E-state index is 9.67. The summed E-state index contributed by atoms with van der Waals surface area (Å²) in [5, 5.41) is 10.2. The van der Waals surface area contributed by atoms with Crippen LogP contribution in [0.4, 0.5) is 0 Å². The van der Waals surface area contributed by atoms with Gasteiger partial charge < -0.3 is 14.6 Å². The van der Waals surface area contributed by atoms with Gasteiger partial charge in [-0.3, -0.25) is 0 Å². The molecule has 0 saturated carbocycles. The molecule has 0 aliphatic heterocycles. The van der Waals surface area contributed by atoms with Crippen LogP contribution in [0, 0.1) is 0 Å². The third-order valence-corrected chi connectivity index (χ3v) is 2.29. The lowest BCUT2D eigenvalue weighted by Gasteiger charge is -2.19. The van der Waals surface area contributed by atoms with E-state index in [1.807, 2.05) is 13.8 Å². The lowest BCUT2D eigenvalue weighted by atomic mass is 10.1. The molecule has 1 unspecified atom stereocenters. The van der Waals surface area contributed by atoms with E-state index in [0.717, 1.165) is 0 Å². The SMILES string of the molecule is COc1cc(Cl)cc(C(C)O)c1OC(C)C. The highest BCUT2D eigenvalue weighted by Gasteiger charge is 2.17. The molecule has 0 bridgehead atoms. The number of aliphatic hydroxyl groups is 1. The first-order chi connectivity index (χ1) is 7.45. The molecule has 1 atom stereocenters. The van der Waals surface area contributed by atoms with Gasteiger partial charge in [-0.2, -0.15) is 0 Å². The summed E-state index contributed by atoms with van der Waals surface area (Å²) in [5.41, 5.74) is 0.637. The lowest BCUT2D eigenvalue weighted by Crippen LogP contribution is -2.10. The molecule has 0 aliphatic rings.